The van der Waals surface area contributed by atoms with Crippen molar-refractivity contribution in [1.82, 2.24) is 0 Å². The lowest BCUT2D eigenvalue weighted by molar-refractivity contribution is 0.102. The summed E-state index contributed by atoms with van der Waals surface area (Å²) < 4.78 is 0. The number of phenols is 1. The van der Waals surface area contributed by atoms with Crippen LogP contribution in [0.1, 0.15) is 10.4 Å². The number of carbonyl (C=O) groups excluding carboxylic acids is 1. The zero-order valence-corrected chi connectivity index (χ0v) is 12.4. The number of rotatable bonds is 3. The first-order valence-electron chi connectivity index (χ1n) is 7.19. The van der Waals surface area contributed by atoms with E-state index in [1.54, 1.807) is 42.5 Å². The van der Waals surface area contributed by atoms with Crippen LogP contribution in [0.15, 0.2) is 72.8 Å². The van der Waals surface area contributed by atoms with Gasteiger partial charge < -0.3 is 16.2 Å². The van der Waals surface area contributed by atoms with Crippen molar-refractivity contribution in [2.75, 3.05) is 11.1 Å². The lowest BCUT2D eigenvalue weighted by Crippen LogP contribution is -2.12. The zero-order valence-electron chi connectivity index (χ0n) is 12.4. The highest BCUT2D eigenvalue weighted by atomic mass is 16.3. The molecule has 4 N–H and O–H groups in total. The minimum atomic E-state index is -0.321. The van der Waals surface area contributed by atoms with E-state index in [1.165, 1.54) is 0 Å². The number of carbonyl (C=O) groups is 1. The lowest BCUT2D eigenvalue weighted by Gasteiger charge is -2.10. The Labute approximate surface area is 134 Å². The molecular weight excluding hydrogens is 288 g/mol. The van der Waals surface area contributed by atoms with E-state index < -0.39 is 0 Å². The van der Waals surface area contributed by atoms with Gasteiger partial charge in [-0.25, -0.2) is 0 Å². The van der Waals surface area contributed by atoms with Crippen LogP contribution in [0.25, 0.3) is 11.1 Å². The van der Waals surface area contributed by atoms with E-state index in [0.29, 0.717) is 16.9 Å². The number of amides is 1. The van der Waals surface area contributed by atoms with Crippen LogP contribution < -0.4 is 11.1 Å². The summed E-state index contributed by atoms with van der Waals surface area (Å²) in [7, 11) is 0. The van der Waals surface area contributed by atoms with Crippen molar-refractivity contribution in [3.05, 3.63) is 78.4 Å². The van der Waals surface area contributed by atoms with Gasteiger partial charge in [-0.3, -0.25) is 4.79 Å². The van der Waals surface area contributed by atoms with Crippen LogP contribution in [-0.2, 0) is 0 Å². The second kappa shape index (κ2) is 6.23. The second-order valence-corrected chi connectivity index (χ2v) is 5.18. The highest BCUT2D eigenvalue weighted by Crippen LogP contribution is 2.30. The molecule has 3 aromatic carbocycles. The summed E-state index contributed by atoms with van der Waals surface area (Å²) in [4.78, 5) is 12.3. The summed E-state index contributed by atoms with van der Waals surface area (Å²) in [5, 5.41) is 12.7. The molecule has 0 heterocycles. The van der Waals surface area contributed by atoms with E-state index in [0.717, 1.165) is 11.1 Å². The van der Waals surface area contributed by atoms with Crippen LogP contribution in [0.4, 0.5) is 11.4 Å². The van der Waals surface area contributed by atoms with E-state index in [1.807, 2.05) is 30.3 Å². The zero-order chi connectivity index (χ0) is 16.2. The van der Waals surface area contributed by atoms with Gasteiger partial charge in [-0.15, -0.1) is 0 Å². The molecule has 3 aromatic rings. The van der Waals surface area contributed by atoms with Crippen molar-refractivity contribution in [3.63, 3.8) is 0 Å². The van der Waals surface area contributed by atoms with Crippen LogP contribution in [0.5, 0.6) is 5.75 Å². The van der Waals surface area contributed by atoms with Crippen LogP contribution >= 0.6 is 0 Å². The lowest BCUT2D eigenvalue weighted by atomic mass is 10.0. The maximum atomic E-state index is 12.3. The number of nitrogens with two attached hydrogens (primary N) is 1. The number of nitrogen functional groups attached to an aromatic ring is 1. The summed E-state index contributed by atoms with van der Waals surface area (Å²) in [5.41, 5.74) is 8.92. The third kappa shape index (κ3) is 3.32. The minimum Gasteiger partial charge on any atom is -0.506 e. The van der Waals surface area contributed by atoms with E-state index in [2.05, 4.69) is 5.32 Å². The number of phenolic OH excluding ortho intramolecular Hbond substituents is 1. The predicted octanol–water partition coefficient (Wildman–Crippen LogP) is 3.89. The van der Waals surface area contributed by atoms with Gasteiger partial charge >= 0.3 is 0 Å². The van der Waals surface area contributed by atoms with Crippen LogP contribution in [0.2, 0.25) is 0 Å². The maximum Gasteiger partial charge on any atom is 0.255 e. The summed E-state index contributed by atoms with van der Waals surface area (Å²) in [6.45, 7) is 0. The van der Waals surface area contributed by atoms with Crippen molar-refractivity contribution in [2.45, 2.75) is 0 Å². The first-order valence-corrected chi connectivity index (χ1v) is 7.19. The van der Waals surface area contributed by atoms with Crippen molar-refractivity contribution < 1.29 is 9.90 Å². The van der Waals surface area contributed by atoms with Crippen molar-refractivity contribution >= 4 is 17.3 Å². The minimum absolute atomic E-state index is 0.0157. The number of anilines is 2. The SMILES string of the molecule is Nc1cccc(C(=O)Nc2cc(-c3ccccc3)ccc2O)c1. The largest absolute Gasteiger partial charge is 0.506 e. The standard InChI is InChI=1S/C19H16N2O2/c20-16-8-4-7-15(11-16)19(23)21-17-12-14(9-10-18(17)22)13-5-2-1-3-6-13/h1-12,22H,20H2,(H,21,23). The molecule has 0 aliphatic heterocycles. The molecule has 0 saturated heterocycles. The van der Waals surface area contributed by atoms with Crippen molar-refractivity contribution in [1.29, 1.82) is 0 Å². The molecule has 0 fully saturated rings. The topological polar surface area (TPSA) is 75.4 Å². The Morgan fingerprint density at radius 3 is 2.39 bits per heavy atom. The second-order valence-electron chi connectivity index (χ2n) is 5.18. The maximum absolute atomic E-state index is 12.3. The highest BCUT2D eigenvalue weighted by molar-refractivity contribution is 6.05. The van der Waals surface area contributed by atoms with Gasteiger partial charge in [0.2, 0.25) is 0 Å². The molecule has 0 aliphatic carbocycles. The fourth-order valence-electron chi connectivity index (χ4n) is 2.32. The molecule has 0 radical (unpaired) electrons. The van der Waals surface area contributed by atoms with Gasteiger partial charge in [-0.1, -0.05) is 42.5 Å². The van der Waals surface area contributed by atoms with Gasteiger partial charge in [-0.2, -0.15) is 0 Å². The van der Waals surface area contributed by atoms with Gasteiger partial charge in [0.05, 0.1) is 5.69 Å². The third-order valence-corrected chi connectivity index (χ3v) is 3.50. The van der Waals surface area contributed by atoms with Crippen molar-refractivity contribution in [3.8, 4) is 16.9 Å². The molecule has 0 spiro atoms. The Balaban J connectivity index is 1.89. The Morgan fingerprint density at radius 1 is 0.870 bits per heavy atom. The van der Waals surface area contributed by atoms with Crippen LogP contribution in [0.3, 0.4) is 0 Å². The first kappa shape index (κ1) is 14.7. The summed E-state index contributed by atoms with van der Waals surface area (Å²) in [6, 6.07) is 21.6. The Bertz CT molecular complexity index is 845. The number of hydrogen-bond donors (Lipinski definition) is 3. The average Bonchev–Trinajstić information content (AvgIpc) is 2.57. The van der Waals surface area contributed by atoms with E-state index in [-0.39, 0.29) is 11.7 Å². The number of nitrogens with one attached hydrogen (secondary N) is 1. The number of aromatic hydroxyl groups is 1. The van der Waals surface area contributed by atoms with Gasteiger partial charge in [0.25, 0.3) is 5.91 Å². The van der Waals surface area contributed by atoms with Gasteiger partial charge in [0, 0.05) is 11.3 Å². The van der Waals surface area contributed by atoms with Gasteiger partial charge in [0.15, 0.2) is 0 Å². The normalized spacial score (nSPS) is 10.3. The predicted molar refractivity (Wildman–Crippen MR) is 92.4 cm³/mol. The molecule has 4 nitrogen and oxygen atoms in total. The molecule has 0 atom stereocenters. The molecule has 0 aliphatic rings. The quantitative estimate of drug-likeness (QED) is 0.507. The monoisotopic (exact) mass is 304 g/mol. The summed E-state index contributed by atoms with van der Waals surface area (Å²) in [5.74, 6) is -0.306. The Hall–Kier alpha value is -3.27. The van der Waals surface area contributed by atoms with Crippen LogP contribution in [0, 0.1) is 0 Å². The fourth-order valence-corrected chi connectivity index (χ4v) is 2.32. The third-order valence-electron chi connectivity index (χ3n) is 3.50. The molecule has 4 heteroatoms. The van der Waals surface area contributed by atoms with Crippen LogP contribution in [-0.4, -0.2) is 11.0 Å². The average molecular weight is 304 g/mol. The molecule has 114 valence electrons. The summed E-state index contributed by atoms with van der Waals surface area (Å²) in [6.07, 6.45) is 0. The van der Waals surface area contributed by atoms with E-state index >= 15 is 0 Å². The molecule has 0 aromatic heterocycles. The first-order chi connectivity index (χ1) is 11.1. The fraction of sp³-hybridized carbons (Fsp3) is 0. The van der Waals surface area contributed by atoms with E-state index in [4.69, 9.17) is 5.73 Å². The molecule has 0 bridgehead atoms. The number of hydrogen-bond acceptors (Lipinski definition) is 3. The van der Waals surface area contributed by atoms with Gasteiger partial charge in [-0.05, 0) is 41.5 Å². The smallest absolute Gasteiger partial charge is 0.255 e. The van der Waals surface area contributed by atoms with E-state index in [9.17, 15) is 9.90 Å². The Kier molecular flexibility index (Phi) is 3.97. The van der Waals surface area contributed by atoms with Gasteiger partial charge in [0.1, 0.15) is 5.75 Å². The molecular formula is C19H16N2O2. The number of benzene rings is 3. The Morgan fingerprint density at radius 2 is 1.65 bits per heavy atom. The highest BCUT2D eigenvalue weighted by Gasteiger charge is 2.10. The molecule has 0 saturated carbocycles. The van der Waals surface area contributed by atoms with Crippen molar-refractivity contribution in [2.24, 2.45) is 0 Å². The molecule has 3 rings (SSSR count). The molecule has 0 unspecified atom stereocenters. The summed E-state index contributed by atoms with van der Waals surface area (Å²) >= 11 is 0. The molecule has 23 heavy (non-hydrogen) atoms. The molecule has 1 amide bonds.